The number of rotatable bonds is 7. The van der Waals surface area contributed by atoms with Crippen LogP contribution >= 0.6 is 0 Å². The zero-order valence-electron chi connectivity index (χ0n) is 18.5. The molecule has 5 heteroatoms. The molecule has 1 saturated heterocycles. The number of fused-ring (bicyclic) bond motifs is 1. The third-order valence-corrected chi connectivity index (χ3v) is 6.51. The van der Waals surface area contributed by atoms with E-state index in [0.29, 0.717) is 0 Å². The Morgan fingerprint density at radius 1 is 0.812 bits per heavy atom. The van der Waals surface area contributed by atoms with Crippen molar-refractivity contribution < 1.29 is 0 Å². The minimum atomic E-state index is 0.00685. The molecular weight excluding hydrogens is 396 g/mol. The van der Waals surface area contributed by atoms with Gasteiger partial charge in [0.05, 0.1) is 18.3 Å². The van der Waals surface area contributed by atoms with Crippen molar-refractivity contribution >= 4 is 10.9 Å². The van der Waals surface area contributed by atoms with Crippen molar-refractivity contribution in [2.45, 2.75) is 38.6 Å². The second-order valence-electron chi connectivity index (χ2n) is 8.74. The largest absolute Gasteiger partial charge is 0.301 e. The average molecular weight is 427 g/mol. The first-order valence-corrected chi connectivity index (χ1v) is 11.7. The summed E-state index contributed by atoms with van der Waals surface area (Å²) in [6.45, 7) is 4.35. The number of hydrogen-bond acceptors (Lipinski definition) is 3. The summed E-state index contributed by atoms with van der Waals surface area (Å²) in [7, 11) is 0. The normalized spacial score (nSPS) is 14.8. The van der Waals surface area contributed by atoms with E-state index in [4.69, 9.17) is 0 Å². The fraction of sp³-hybridized carbons (Fsp3) is 0.333. The lowest BCUT2D eigenvalue weighted by atomic mass is 10.1. The molecule has 2 aromatic carbocycles. The van der Waals surface area contributed by atoms with E-state index in [9.17, 15) is 4.79 Å². The van der Waals surface area contributed by atoms with E-state index in [1.54, 1.807) is 10.6 Å². The van der Waals surface area contributed by atoms with Crippen molar-refractivity contribution in [3.8, 4) is 5.69 Å². The summed E-state index contributed by atoms with van der Waals surface area (Å²) in [4.78, 5) is 15.3. The van der Waals surface area contributed by atoms with Crippen molar-refractivity contribution in [2.24, 2.45) is 0 Å². The van der Waals surface area contributed by atoms with Crippen LogP contribution in [-0.4, -0.2) is 38.9 Å². The molecule has 5 nitrogen and oxygen atoms in total. The quantitative estimate of drug-likeness (QED) is 0.438. The first-order valence-electron chi connectivity index (χ1n) is 11.7. The van der Waals surface area contributed by atoms with E-state index < -0.39 is 0 Å². The fourth-order valence-electron chi connectivity index (χ4n) is 4.64. The summed E-state index contributed by atoms with van der Waals surface area (Å²) in [5, 5.41) is 5.68. The Labute approximate surface area is 188 Å². The van der Waals surface area contributed by atoms with Crippen LogP contribution in [0.4, 0.5) is 0 Å². The zero-order valence-corrected chi connectivity index (χ0v) is 18.5. The highest BCUT2D eigenvalue weighted by Crippen LogP contribution is 2.19. The maximum Gasteiger partial charge on any atom is 0.255 e. The maximum atomic E-state index is 12.8. The first-order chi connectivity index (χ1) is 15.8. The maximum absolute atomic E-state index is 12.8. The molecule has 4 aromatic rings. The van der Waals surface area contributed by atoms with Gasteiger partial charge in [0.2, 0.25) is 0 Å². The smallest absolute Gasteiger partial charge is 0.255 e. The molecule has 0 bridgehead atoms. The Hall–Kier alpha value is -3.18. The molecule has 1 aliphatic heterocycles. The van der Waals surface area contributed by atoms with Gasteiger partial charge < -0.3 is 4.90 Å². The van der Waals surface area contributed by atoms with Crippen LogP contribution in [0.25, 0.3) is 16.6 Å². The summed E-state index contributed by atoms with van der Waals surface area (Å²) < 4.78 is 3.81. The second-order valence-corrected chi connectivity index (χ2v) is 8.74. The fourth-order valence-corrected chi connectivity index (χ4v) is 4.64. The number of nitrogens with zero attached hydrogens (tertiary/aromatic N) is 4. The van der Waals surface area contributed by atoms with Gasteiger partial charge in [-0.25, -0.2) is 0 Å². The molecule has 0 unspecified atom stereocenters. The second kappa shape index (κ2) is 9.53. The molecule has 164 valence electrons. The minimum absolute atomic E-state index is 0.00685. The first kappa shape index (κ1) is 20.7. The van der Waals surface area contributed by atoms with Crippen LogP contribution in [0.2, 0.25) is 0 Å². The van der Waals surface area contributed by atoms with E-state index in [1.807, 2.05) is 24.5 Å². The van der Waals surface area contributed by atoms with Crippen LogP contribution in [0.1, 0.15) is 30.4 Å². The number of aryl methyl sites for hydroxylation is 2. The SMILES string of the molecule is O=c1cc(CCc2ccccc2)ccn1-c1ccc2c(cnn2CCN2CCCCC2)c1. The Bertz CT molecular complexity index is 1240. The van der Waals surface area contributed by atoms with Gasteiger partial charge in [0.15, 0.2) is 0 Å². The number of pyridine rings is 1. The predicted octanol–water partition coefficient (Wildman–Crippen LogP) is 4.46. The van der Waals surface area contributed by atoms with E-state index in [2.05, 4.69) is 57.1 Å². The molecule has 5 rings (SSSR count). The molecule has 3 heterocycles. The monoisotopic (exact) mass is 426 g/mol. The van der Waals surface area contributed by atoms with Gasteiger partial charge in [-0.15, -0.1) is 0 Å². The molecular formula is C27H30N4O. The van der Waals surface area contributed by atoms with Gasteiger partial charge in [-0.2, -0.15) is 5.10 Å². The average Bonchev–Trinajstić information content (AvgIpc) is 3.25. The summed E-state index contributed by atoms with van der Waals surface area (Å²) in [5.41, 5.74) is 4.37. The lowest BCUT2D eigenvalue weighted by Crippen LogP contribution is -2.32. The van der Waals surface area contributed by atoms with Crippen LogP contribution in [-0.2, 0) is 19.4 Å². The predicted molar refractivity (Wildman–Crippen MR) is 129 cm³/mol. The van der Waals surface area contributed by atoms with Crippen molar-refractivity contribution in [1.29, 1.82) is 0 Å². The summed E-state index contributed by atoms with van der Waals surface area (Å²) in [6.07, 6.45) is 9.58. The molecule has 0 amide bonds. The van der Waals surface area contributed by atoms with Gasteiger partial charge in [-0.1, -0.05) is 36.8 Å². The van der Waals surface area contributed by atoms with Gasteiger partial charge in [0.1, 0.15) is 0 Å². The summed E-state index contributed by atoms with van der Waals surface area (Å²) >= 11 is 0. The highest BCUT2D eigenvalue weighted by molar-refractivity contribution is 5.80. The van der Waals surface area contributed by atoms with Crippen molar-refractivity contribution in [3.05, 3.63) is 94.5 Å². The molecule has 32 heavy (non-hydrogen) atoms. The highest BCUT2D eigenvalue weighted by Gasteiger charge is 2.11. The zero-order chi connectivity index (χ0) is 21.8. The van der Waals surface area contributed by atoms with Crippen LogP contribution in [0.5, 0.6) is 0 Å². The van der Waals surface area contributed by atoms with Crippen molar-refractivity contribution in [2.75, 3.05) is 19.6 Å². The van der Waals surface area contributed by atoms with Crippen LogP contribution in [0.15, 0.2) is 77.9 Å². The van der Waals surface area contributed by atoms with Gasteiger partial charge in [0, 0.05) is 29.9 Å². The Morgan fingerprint density at radius 2 is 1.62 bits per heavy atom. The van der Waals surface area contributed by atoms with E-state index >= 15 is 0 Å². The van der Waals surface area contributed by atoms with Gasteiger partial charge in [-0.3, -0.25) is 14.0 Å². The van der Waals surface area contributed by atoms with Crippen LogP contribution in [0.3, 0.4) is 0 Å². The Morgan fingerprint density at radius 3 is 2.44 bits per heavy atom. The molecule has 0 radical (unpaired) electrons. The number of benzene rings is 2. The van der Waals surface area contributed by atoms with Gasteiger partial charge >= 0.3 is 0 Å². The standard InChI is InChI=1S/C27H30N4O/c32-27-19-23(10-9-22-7-3-1-4-8-22)13-16-30(27)25-11-12-26-24(20-25)21-28-31(26)18-17-29-14-5-2-6-15-29/h1,3-4,7-8,11-13,16,19-21H,2,5-6,9-10,14-15,17-18H2. The molecule has 0 spiro atoms. The molecule has 0 saturated carbocycles. The highest BCUT2D eigenvalue weighted by atomic mass is 16.1. The van der Waals surface area contributed by atoms with Crippen LogP contribution < -0.4 is 5.56 Å². The van der Waals surface area contributed by atoms with E-state index in [0.717, 1.165) is 48.1 Å². The molecule has 0 N–H and O–H groups in total. The molecule has 0 atom stereocenters. The summed E-state index contributed by atoms with van der Waals surface area (Å²) in [6, 6.07) is 20.4. The van der Waals surface area contributed by atoms with Crippen molar-refractivity contribution in [3.63, 3.8) is 0 Å². The number of piperidine rings is 1. The molecule has 1 aliphatic rings. The lowest BCUT2D eigenvalue weighted by molar-refractivity contribution is 0.219. The van der Waals surface area contributed by atoms with E-state index in [-0.39, 0.29) is 5.56 Å². The van der Waals surface area contributed by atoms with Crippen molar-refractivity contribution in [1.82, 2.24) is 19.2 Å². The third kappa shape index (κ3) is 4.68. The Kier molecular flexibility index (Phi) is 6.17. The number of likely N-dealkylation sites (tertiary alicyclic amines) is 1. The van der Waals surface area contributed by atoms with Gasteiger partial charge in [-0.05, 0) is 74.2 Å². The minimum Gasteiger partial charge on any atom is -0.301 e. The number of hydrogen-bond donors (Lipinski definition) is 0. The third-order valence-electron chi connectivity index (χ3n) is 6.51. The van der Waals surface area contributed by atoms with Crippen LogP contribution in [0, 0.1) is 0 Å². The summed E-state index contributed by atoms with van der Waals surface area (Å²) in [5.74, 6) is 0. The molecule has 0 aliphatic carbocycles. The van der Waals surface area contributed by atoms with Gasteiger partial charge in [0.25, 0.3) is 5.56 Å². The molecule has 2 aromatic heterocycles. The topological polar surface area (TPSA) is 43.1 Å². The lowest BCUT2D eigenvalue weighted by Gasteiger charge is -2.26. The number of aromatic nitrogens is 3. The van der Waals surface area contributed by atoms with E-state index in [1.165, 1.54) is 37.9 Å². The molecule has 1 fully saturated rings. The Balaban J connectivity index is 1.29.